The number of carbonyl (C=O) groups excluding carboxylic acids is 2. The van der Waals surface area contributed by atoms with Crippen molar-refractivity contribution in [2.75, 3.05) is 10.6 Å². The van der Waals surface area contributed by atoms with Gasteiger partial charge in [0.25, 0.3) is 5.91 Å². The van der Waals surface area contributed by atoms with Gasteiger partial charge in [0.2, 0.25) is 5.91 Å². The second kappa shape index (κ2) is 6.89. The topological polar surface area (TPSA) is 76.0 Å². The molecule has 0 saturated carbocycles. The van der Waals surface area contributed by atoms with Gasteiger partial charge in [-0.25, -0.2) is 4.68 Å². The third-order valence-electron chi connectivity index (χ3n) is 2.96. The van der Waals surface area contributed by atoms with E-state index in [1.54, 1.807) is 41.2 Å². The molecule has 2 amide bonds. The fourth-order valence-electron chi connectivity index (χ4n) is 2.03. The number of aromatic nitrogens is 2. The Labute approximate surface area is 129 Å². The van der Waals surface area contributed by atoms with Crippen molar-refractivity contribution in [2.45, 2.75) is 27.3 Å². The molecule has 116 valence electrons. The first-order chi connectivity index (χ1) is 10.5. The van der Waals surface area contributed by atoms with Crippen LogP contribution in [0.2, 0.25) is 0 Å². The van der Waals surface area contributed by atoms with Crippen molar-refractivity contribution in [3.05, 3.63) is 42.1 Å². The van der Waals surface area contributed by atoms with Crippen molar-refractivity contribution in [3.8, 4) is 0 Å². The van der Waals surface area contributed by atoms with E-state index in [-0.39, 0.29) is 11.8 Å². The van der Waals surface area contributed by atoms with Gasteiger partial charge >= 0.3 is 0 Å². The maximum atomic E-state index is 12.2. The molecule has 0 aliphatic rings. The Morgan fingerprint density at radius 2 is 1.82 bits per heavy atom. The molecule has 22 heavy (non-hydrogen) atoms. The Morgan fingerprint density at radius 1 is 1.14 bits per heavy atom. The molecule has 1 aromatic heterocycles. The molecule has 0 fully saturated rings. The van der Waals surface area contributed by atoms with E-state index in [1.165, 1.54) is 6.92 Å². The number of benzene rings is 1. The SMILES string of the molecule is CC(=O)Nc1ccc(C(=O)Nc2ccnn2CC(C)C)cc1. The summed E-state index contributed by atoms with van der Waals surface area (Å²) >= 11 is 0. The molecular formula is C16H20N4O2. The highest BCUT2D eigenvalue weighted by molar-refractivity contribution is 6.04. The minimum atomic E-state index is -0.208. The number of amides is 2. The number of hydrogen-bond donors (Lipinski definition) is 2. The molecule has 0 radical (unpaired) electrons. The van der Waals surface area contributed by atoms with E-state index in [4.69, 9.17) is 0 Å². The zero-order chi connectivity index (χ0) is 16.1. The average molecular weight is 300 g/mol. The summed E-state index contributed by atoms with van der Waals surface area (Å²) in [5.41, 5.74) is 1.18. The first-order valence-corrected chi connectivity index (χ1v) is 7.16. The summed E-state index contributed by atoms with van der Waals surface area (Å²) in [6, 6.07) is 8.50. The smallest absolute Gasteiger partial charge is 0.256 e. The summed E-state index contributed by atoms with van der Waals surface area (Å²) in [7, 11) is 0. The summed E-state index contributed by atoms with van der Waals surface area (Å²) in [5.74, 6) is 0.756. The lowest BCUT2D eigenvalue weighted by molar-refractivity contribution is -0.114. The third-order valence-corrected chi connectivity index (χ3v) is 2.96. The van der Waals surface area contributed by atoms with Crippen molar-refractivity contribution >= 4 is 23.3 Å². The molecule has 2 aromatic rings. The maximum absolute atomic E-state index is 12.2. The van der Waals surface area contributed by atoms with Gasteiger partial charge in [-0.1, -0.05) is 13.8 Å². The largest absolute Gasteiger partial charge is 0.326 e. The van der Waals surface area contributed by atoms with Crippen LogP contribution < -0.4 is 10.6 Å². The van der Waals surface area contributed by atoms with E-state index in [0.29, 0.717) is 23.0 Å². The molecule has 0 atom stereocenters. The van der Waals surface area contributed by atoms with E-state index in [2.05, 4.69) is 29.6 Å². The molecule has 0 aliphatic carbocycles. The van der Waals surface area contributed by atoms with Crippen LogP contribution >= 0.6 is 0 Å². The zero-order valence-electron chi connectivity index (χ0n) is 13.0. The van der Waals surface area contributed by atoms with Crippen LogP contribution in [0.1, 0.15) is 31.1 Å². The number of nitrogens with zero attached hydrogens (tertiary/aromatic N) is 2. The van der Waals surface area contributed by atoms with Gasteiger partial charge in [0.15, 0.2) is 0 Å². The molecule has 0 unspecified atom stereocenters. The van der Waals surface area contributed by atoms with Gasteiger partial charge in [-0.05, 0) is 30.2 Å². The first kappa shape index (κ1) is 15.8. The minimum Gasteiger partial charge on any atom is -0.326 e. The molecule has 6 nitrogen and oxygen atoms in total. The Kier molecular flexibility index (Phi) is 4.93. The van der Waals surface area contributed by atoms with Gasteiger partial charge in [0.05, 0.1) is 6.20 Å². The van der Waals surface area contributed by atoms with E-state index >= 15 is 0 Å². The zero-order valence-corrected chi connectivity index (χ0v) is 13.0. The summed E-state index contributed by atoms with van der Waals surface area (Å²) in [6.45, 7) is 6.36. The number of anilines is 2. The van der Waals surface area contributed by atoms with Crippen molar-refractivity contribution in [3.63, 3.8) is 0 Å². The number of nitrogens with one attached hydrogen (secondary N) is 2. The Morgan fingerprint density at radius 3 is 2.41 bits per heavy atom. The fourth-order valence-corrected chi connectivity index (χ4v) is 2.03. The maximum Gasteiger partial charge on any atom is 0.256 e. The molecule has 0 bridgehead atoms. The monoisotopic (exact) mass is 300 g/mol. The van der Waals surface area contributed by atoms with Crippen LogP contribution in [0, 0.1) is 5.92 Å². The molecule has 0 spiro atoms. The van der Waals surface area contributed by atoms with Gasteiger partial charge in [-0.15, -0.1) is 0 Å². The number of rotatable bonds is 5. The fraction of sp³-hybridized carbons (Fsp3) is 0.312. The van der Waals surface area contributed by atoms with Crippen molar-refractivity contribution in [2.24, 2.45) is 5.92 Å². The molecule has 1 aromatic carbocycles. The molecule has 1 heterocycles. The minimum absolute atomic E-state index is 0.144. The molecule has 0 saturated heterocycles. The van der Waals surface area contributed by atoms with Gasteiger partial charge in [-0.3, -0.25) is 9.59 Å². The second-order valence-electron chi connectivity index (χ2n) is 5.51. The van der Waals surface area contributed by atoms with E-state index in [0.717, 1.165) is 6.54 Å². The lowest BCUT2D eigenvalue weighted by Crippen LogP contribution is -2.17. The summed E-state index contributed by atoms with van der Waals surface area (Å²) < 4.78 is 1.77. The van der Waals surface area contributed by atoms with E-state index in [9.17, 15) is 9.59 Å². The van der Waals surface area contributed by atoms with Crippen LogP contribution in [0.4, 0.5) is 11.5 Å². The number of carbonyl (C=O) groups is 2. The van der Waals surface area contributed by atoms with Crippen molar-refractivity contribution in [1.29, 1.82) is 0 Å². The highest BCUT2D eigenvalue weighted by atomic mass is 16.2. The molecule has 0 aliphatic heterocycles. The molecule has 2 N–H and O–H groups in total. The normalized spacial score (nSPS) is 10.5. The standard InChI is InChI=1S/C16H20N4O2/c1-11(2)10-20-15(8-9-17-20)19-16(22)13-4-6-14(7-5-13)18-12(3)21/h4-9,11H,10H2,1-3H3,(H,18,21)(H,19,22). The lowest BCUT2D eigenvalue weighted by Gasteiger charge is -2.11. The average Bonchev–Trinajstić information content (AvgIpc) is 2.85. The van der Waals surface area contributed by atoms with Gasteiger partial charge in [0.1, 0.15) is 5.82 Å². The highest BCUT2D eigenvalue weighted by Crippen LogP contribution is 2.13. The Bertz CT molecular complexity index is 659. The van der Waals surface area contributed by atoms with Crippen LogP contribution in [0.5, 0.6) is 0 Å². The predicted octanol–water partition coefficient (Wildman–Crippen LogP) is 2.75. The molecule has 2 rings (SSSR count). The second-order valence-corrected chi connectivity index (χ2v) is 5.51. The number of hydrogen-bond acceptors (Lipinski definition) is 3. The van der Waals surface area contributed by atoms with Crippen LogP contribution in [-0.2, 0) is 11.3 Å². The summed E-state index contributed by atoms with van der Waals surface area (Å²) in [6.07, 6.45) is 1.66. The quantitative estimate of drug-likeness (QED) is 0.891. The van der Waals surface area contributed by atoms with Crippen LogP contribution in [-0.4, -0.2) is 21.6 Å². The van der Waals surface area contributed by atoms with Crippen molar-refractivity contribution < 1.29 is 9.59 Å². The van der Waals surface area contributed by atoms with Crippen molar-refractivity contribution in [1.82, 2.24) is 9.78 Å². The van der Waals surface area contributed by atoms with Gasteiger partial charge in [0, 0.05) is 30.8 Å². The summed E-state index contributed by atoms with van der Waals surface area (Å²) in [4.78, 5) is 23.2. The van der Waals surface area contributed by atoms with E-state index in [1.807, 2.05) is 0 Å². The highest BCUT2D eigenvalue weighted by Gasteiger charge is 2.10. The Hall–Kier alpha value is -2.63. The molecular weight excluding hydrogens is 280 g/mol. The van der Waals surface area contributed by atoms with E-state index < -0.39 is 0 Å². The first-order valence-electron chi connectivity index (χ1n) is 7.16. The van der Waals surface area contributed by atoms with Crippen LogP contribution in [0.15, 0.2) is 36.5 Å². The summed E-state index contributed by atoms with van der Waals surface area (Å²) in [5, 5.41) is 9.71. The van der Waals surface area contributed by atoms with Crippen LogP contribution in [0.25, 0.3) is 0 Å². The van der Waals surface area contributed by atoms with Crippen LogP contribution in [0.3, 0.4) is 0 Å². The third kappa shape index (κ3) is 4.18. The Balaban J connectivity index is 2.06. The van der Waals surface area contributed by atoms with Gasteiger partial charge in [-0.2, -0.15) is 5.10 Å². The predicted molar refractivity (Wildman–Crippen MR) is 85.8 cm³/mol. The van der Waals surface area contributed by atoms with Gasteiger partial charge < -0.3 is 10.6 Å². The molecule has 6 heteroatoms. The lowest BCUT2D eigenvalue weighted by atomic mass is 10.2.